The van der Waals surface area contributed by atoms with Gasteiger partial charge in [-0.2, -0.15) is 0 Å². The normalized spacial score (nSPS) is 10.1. The Morgan fingerprint density at radius 2 is 2.11 bits per heavy atom. The van der Waals surface area contributed by atoms with Gasteiger partial charge in [0.1, 0.15) is 5.82 Å². The van der Waals surface area contributed by atoms with Gasteiger partial charge in [-0.05, 0) is 29.8 Å². The minimum atomic E-state index is -0.942. The third kappa shape index (κ3) is 3.18. The highest BCUT2D eigenvalue weighted by Crippen LogP contribution is 2.10. The van der Waals surface area contributed by atoms with Crippen molar-refractivity contribution in [1.82, 2.24) is 10.2 Å². The van der Waals surface area contributed by atoms with Crippen molar-refractivity contribution in [3.8, 4) is 0 Å². The minimum Gasteiger partial charge on any atom is -0.478 e. The second-order valence-corrected chi connectivity index (χ2v) is 3.99. The molecule has 1 heterocycles. The first kappa shape index (κ1) is 12.3. The standard InChI is InChI=1S/C12H10ClN3O2/c13-10-4-5-11(16-15-10)14-7-8-2-1-3-9(6-8)12(17)18/h1-6H,7H2,(H,14,16)(H,17,18). The maximum atomic E-state index is 10.8. The van der Waals surface area contributed by atoms with E-state index in [1.54, 1.807) is 30.3 Å². The summed E-state index contributed by atoms with van der Waals surface area (Å²) in [4.78, 5) is 10.8. The molecule has 0 aliphatic rings. The number of hydrogen-bond donors (Lipinski definition) is 2. The monoisotopic (exact) mass is 263 g/mol. The molecule has 0 spiro atoms. The molecule has 0 atom stereocenters. The van der Waals surface area contributed by atoms with Gasteiger partial charge in [0, 0.05) is 6.54 Å². The molecule has 6 heteroatoms. The zero-order valence-electron chi connectivity index (χ0n) is 9.30. The predicted molar refractivity (Wildman–Crippen MR) is 67.8 cm³/mol. The van der Waals surface area contributed by atoms with Crippen molar-refractivity contribution in [3.05, 3.63) is 52.7 Å². The van der Waals surface area contributed by atoms with Crippen molar-refractivity contribution in [2.45, 2.75) is 6.54 Å². The van der Waals surface area contributed by atoms with E-state index >= 15 is 0 Å². The topological polar surface area (TPSA) is 75.1 Å². The number of anilines is 1. The Labute approximate surface area is 108 Å². The van der Waals surface area contributed by atoms with Crippen LogP contribution in [-0.4, -0.2) is 21.3 Å². The quantitative estimate of drug-likeness (QED) is 0.886. The fourth-order valence-corrected chi connectivity index (χ4v) is 1.52. The molecule has 2 N–H and O–H groups in total. The fourth-order valence-electron chi connectivity index (χ4n) is 1.42. The van der Waals surface area contributed by atoms with Gasteiger partial charge in [-0.25, -0.2) is 4.79 Å². The third-order valence-corrected chi connectivity index (χ3v) is 2.48. The van der Waals surface area contributed by atoms with Crippen LogP contribution in [0, 0.1) is 0 Å². The molecule has 1 aromatic carbocycles. The molecular weight excluding hydrogens is 254 g/mol. The zero-order valence-corrected chi connectivity index (χ0v) is 10.1. The van der Waals surface area contributed by atoms with Crippen molar-refractivity contribution < 1.29 is 9.90 Å². The van der Waals surface area contributed by atoms with Crippen LogP contribution in [0.25, 0.3) is 0 Å². The van der Waals surface area contributed by atoms with E-state index in [1.165, 1.54) is 0 Å². The highest BCUT2D eigenvalue weighted by Gasteiger charge is 2.03. The number of carboxylic acid groups (broad SMARTS) is 1. The highest BCUT2D eigenvalue weighted by molar-refractivity contribution is 6.29. The summed E-state index contributed by atoms with van der Waals surface area (Å²) >= 11 is 5.62. The summed E-state index contributed by atoms with van der Waals surface area (Å²) in [5, 5.41) is 19.8. The Hall–Kier alpha value is -2.14. The van der Waals surface area contributed by atoms with Gasteiger partial charge in [0.25, 0.3) is 0 Å². The summed E-state index contributed by atoms with van der Waals surface area (Å²) in [6.07, 6.45) is 0. The number of hydrogen-bond acceptors (Lipinski definition) is 4. The van der Waals surface area contributed by atoms with E-state index in [9.17, 15) is 4.79 Å². The van der Waals surface area contributed by atoms with Gasteiger partial charge in [-0.15, -0.1) is 10.2 Å². The SMILES string of the molecule is O=C(O)c1cccc(CNc2ccc(Cl)nn2)c1. The van der Waals surface area contributed by atoms with Crippen LogP contribution in [0.15, 0.2) is 36.4 Å². The lowest BCUT2D eigenvalue weighted by atomic mass is 10.1. The van der Waals surface area contributed by atoms with E-state index in [0.29, 0.717) is 17.5 Å². The average molecular weight is 264 g/mol. The van der Waals surface area contributed by atoms with Crippen molar-refractivity contribution in [2.24, 2.45) is 0 Å². The summed E-state index contributed by atoms with van der Waals surface area (Å²) in [6, 6.07) is 10.0. The van der Waals surface area contributed by atoms with E-state index in [4.69, 9.17) is 16.7 Å². The van der Waals surface area contributed by atoms with Gasteiger partial charge in [0.2, 0.25) is 0 Å². The number of nitrogens with one attached hydrogen (secondary N) is 1. The first-order valence-electron chi connectivity index (χ1n) is 5.20. The maximum absolute atomic E-state index is 10.8. The summed E-state index contributed by atoms with van der Waals surface area (Å²) in [5.41, 5.74) is 1.11. The molecule has 2 aromatic rings. The molecule has 0 radical (unpaired) electrons. The van der Waals surface area contributed by atoms with Gasteiger partial charge in [0.05, 0.1) is 5.56 Å². The summed E-state index contributed by atoms with van der Waals surface area (Å²) in [5.74, 6) is -0.358. The molecule has 0 aliphatic carbocycles. The molecule has 1 aromatic heterocycles. The number of carbonyl (C=O) groups is 1. The Balaban J connectivity index is 2.04. The fraction of sp³-hybridized carbons (Fsp3) is 0.0833. The molecular formula is C12H10ClN3O2. The van der Waals surface area contributed by atoms with Crippen LogP contribution in [0.3, 0.4) is 0 Å². The molecule has 92 valence electrons. The number of aromatic carboxylic acids is 1. The zero-order chi connectivity index (χ0) is 13.0. The van der Waals surface area contributed by atoms with Crippen LogP contribution in [0.4, 0.5) is 5.82 Å². The van der Waals surface area contributed by atoms with Gasteiger partial charge >= 0.3 is 5.97 Å². The van der Waals surface area contributed by atoms with E-state index in [0.717, 1.165) is 5.56 Å². The van der Waals surface area contributed by atoms with E-state index in [2.05, 4.69) is 15.5 Å². The molecule has 0 amide bonds. The Bertz CT molecular complexity index is 558. The van der Waals surface area contributed by atoms with Gasteiger partial charge in [-0.3, -0.25) is 0 Å². The summed E-state index contributed by atoms with van der Waals surface area (Å²) < 4.78 is 0. The van der Waals surface area contributed by atoms with Crippen LogP contribution in [0.1, 0.15) is 15.9 Å². The molecule has 0 unspecified atom stereocenters. The maximum Gasteiger partial charge on any atom is 0.335 e. The molecule has 2 rings (SSSR count). The molecule has 5 nitrogen and oxygen atoms in total. The molecule has 0 fully saturated rings. The number of rotatable bonds is 4. The van der Waals surface area contributed by atoms with Gasteiger partial charge in [-0.1, -0.05) is 23.7 Å². The van der Waals surface area contributed by atoms with Gasteiger partial charge in [0.15, 0.2) is 5.15 Å². The number of halogens is 1. The van der Waals surface area contributed by atoms with Crippen LogP contribution < -0.4 is 5.32 Å². The van der Waals surface area contributed by atoms with Crippen molar-refractivity contribution >= 4 is 23.4 Å². The largest absolute Gasteiger partial charge is 0.478 e. The first-order valence-corrected chi connectivity index (χ1v) is 5.58. The van der Waals surface area contributed by atoms with Crippen molar-refractivity contribution in [1.29, 1.82) is 0 Å². The second-order valence-electron chi connectivity index (χ2n) is 3.60. The molecule has 18 heavy (non-hydrogen) atoms. The Morgan fingerprint density at radius 1 is 1.28 bits per heavy atom. The molecule has 0 bridgehead atoms. The smallest absolute Gasteiger partial charge is 0.335 e. The first-order chi connectivity index (χ1) is 8.65. The second kappa shape index (κ2) is 5.46. The predicted octanol–water partition coefficient (Wildman–Crippen LogP) is 2.44. The van der Waals surface area contributed by atoms with Crippen LogP contribution in [-0.2, 0) is 6.54 Å². The summed E-state index contributed by atoms with van der Waals surface area (Å²) in [6.45, 7) is 0.470. The lowest BCUT2D eigenvalue weighted by molar-refractivity contribution is 0.0697. The summed E-state index contributed by atoms with van der Waals surface area (Å²) in [7, 11) is 0. The van der Waals surface area contributed by atoms with Gasteiger partial charge < -0.3 is 10.4 Å². The van der Waals surface area contributed by atoms with E-state index in [-0.39, 0.29) is 5.56 Å². The van der Waals surface area contributed by atoms with Crippen LogP contribution >= 0.6 is 11.6 Å². The average Bonchev–Trinajstić information content (AvgIpc) is 2.38. The molecule has 0 saturated heterocycles. The Morgan fingerprint density at radius 3 is 2.78 bits per heavy atom. The van der Waals surface area contributed by atoms with E-state index < -0.39 is 5.97 Å². The lowest BCUT2D eigenvalue weighted by Gasteiger charge is -2.05. The molecule has 0 saturated carbocycles. The van der Waals surface area contributed by atoms with Crippen LogP contribution in [0.5, 0.6) is 0 Å². The number of nitrogens with zero attached hydrogens (tertiary/aromatic N) is 2. The van der Waals surface area contributed by atoms with Crippen molar-refractivity contribution in [2.75, 3.05) is 5.32 Å². The number of carboxylic acids is 1. The van der Waals surface area contributed by atoms with Crippen LogP contribution in [0.2, 0.25) is 5.15 Å². The Kier molecular flexibility index (Phi) is 3.74. The number of aromatic nitrogens is 2. The third-order valence-electron chi connectivity index (χ3n) is 2.28. The van der Waals surface area contributed by atoms with Crippen molar-refractivity contribution in [3.63, 3.8) is 0 Å². The minimum absolute atomic E-state index is 0.261. The van der Waals surface area contributed by atoms with E-state index in [1.807, 2.05) is 6.07 Å². The highest BCUT2D eigenvalue weighted by atomic mass is 35.5. The molecule has 0 aliphatic heterocycles. The number of benzene rings is 1. The lowest BCUT2D eigenvalue weighted by Crippen LogP contribution is -2.04.